The average molecular weight is 420 g/mol. The van der Waals surface area contributed by atoms with Crippen molar-refractivity contribution in [3.8, 4) is 6.07 Å². The molecule has 0 N–H and O–H groups in total. The molecule has 30 heavy (non-hydrogen) atoms. The normalized spacial score (nSPS) is 16.4. The molecule has 0 aliphatic heterocycles. The highest BCUT2D eigenvalue weighted by Gasteiger charge is 2.32. The maximum absolute atomic E-state index is 13.7. The Balaban J connectivity index is 1.82. The van der Waals surface area contributed by atoms with Crippen molar-refractivity contribution >= 4 is 21.6 Å². The molecule has 2 heterocycles. The lowest BCUT2D eigenvalue weighted by Crippen LogP contribution is -2.28. The maximum atomic E-state index is 13.7. The Hall–Kier alpha value is -2.45. The lowest BCUT2D eigenvalue weighted by Gasteiger charge is -2.33. The van der Waals surface area contributed by atoms with Gasteiger partial charge in [-0.05, 0) is 60.3 Å². The summed E-state index contributed by atoms with van der Waals surface area (Å²) in [6.45, 7) is 9.52. The van der Waals surface area contributed by atoms with Gasteiger partial charge in [0, 0.05) is 11.3 Å². The number of aromatic nitrogens is 2. The van der Waals surface area contributed by atoms with Crippen molar-refractivity contribution in [1.29, 1.82) is 5.26 Å². The molecular weight excluding hydrogens is 390 g/mol. The van der Waals surface area contributed by atoms with E-state index in [9.17, 15) is 10.1 Å². The third-order valence-corrected chi connectivity index (χ3v) is 7.49. The van der Waals surface area contributed by atoms with Gasteiger partial charge in [0.15, 0.2) is 0 Å². The number of thiophene rings is 1. The van der Waals surface area contributed by atoms with E-state index in [4.69, 9.17) is 4.98 Å². The number of rotatable bonds is 4. The Bertz CT molecular complexity index is 1190. The molecule has 0 bridgehead atoms. The monoisotopic (exact) mass is 419 g/mol. The summed E-state index contributed by atoms with van der Waals surface area (Å²) in [5, 5.41) is 10.0. The molecule has 0 fully saturated rings. The predicted molar refractivity (Wildman–Crippen MR) is 123 cm³/mol. The smallest absolute Gasteiger partial charge is 0.262 e. The molecule has 1 atom stereocenters. The van der Waals surface area contributed by atoms with Crippen molar-refractivity contribution < 1.29 is 0 Å². The molecule has 5 heteroatoms. The summed E-state index contributed by atoms with van der Waals surface area (Å²) in [5.41, 5.74) is 3.17. The van der Waals surface area contributed by atoms with Crippen LogP contribution in [0.25, 0.3) is 10.2 Å². The van der Waals surface area contributed by atoms with Crippen molar-refractivity contribution in [2.45, 2.75) is 66.3 Å². The minimum absolute atomic E-state index is 0.0810. The maximum Gasteiger partial charge on any atom is 0.262 e. The second-order valence-corrected chi connectivity index (χ2v) is 10.6. The van der Waals surface area contributed by atoms with Crippen molar-refractivity contribution in [3.63, 3.8) is 0 Å². The number of nitrogens with zero attached hydrogens (tertiary/aromatic N) is 3. The van der Waals surface area contributed by atoms with Crippen LogP contribution < -0.4 is 5.56 Å². The van der Waals surface area contributed by atoms with Gasteiger partial charge in [0.05, 0.1) is 23.6 Å². The van der Waals surface area contributed by atoms with E-state index in [0.29, 0.717) is 18.0 Å². The molecule has 0 saturated carbocycles. The molecule has 4 rings (SSSR count). The van der Waals surface area contributed by atoms with E-state index in [0.717, 1.165) is 53.7 Å². The van der Waals surface area contributed by atoms with Crippen LogP contribution in [-0.2, 0) is 25.8 Å². The minimum atomic E-state index is 0.0810. The molecule has 1 unspecified atom stereocenters. The highest BCUT2D eigenvalue weighted by molar-refractivity contribution is 7.18. The lowest BCUT2D eigenvalue weighted by atomic mass is 9.72. The first-order chi connectivity index (χ1) is 14.3. The SMILES string of the molecule is CCCc1nc2sc3c(c2c(=O)n1Cc1cccc(C#N)c1)CCC(C(C)(C)C)C3. The Labute approximate surface area is 182 Å². The van der Waals surface area contributed by atoms with E-state index in [1.165, 1.54) is 10.4 Å². The molecule has 0 saturated heterocycles. The van der Waals surface area contributed by atoms with Crippen LogP contribution in [-0.4, -0.2) is 9.55 Å². The largest absolute Gasteiger partial charge is 0.292 e. The molecule has 2 aromatic heterocycles. The molecule has 156 valence electrons. The number of nitriles is 1. The molecule has 1 aliphatic rings. The summed E-state index contributed by atoms with van der Waals surface area (Å²) in [5.74, 6) is 1.49. The summed E-state index contributed by atoms with van der Waals surface area (Å²) in [6, 6.07) is 9.70. The predicted octanol–water partition coefficient (Wildman–Crippen LogP) is 5.48. The molecule has 0 spiro atoms. The zero-order valence-corrected chi connectivity index (χ0v) is 19.1. The molecule has 4 nitrogen and oxygen atoms in total. The molecule has 1 aromatic carbocycles. The van der Waals surface area contributed by atoms with Crippen LogP contribution in [0, 0.1) is 22.7 Å². The van der Waals surface area contributed by atoms with Gasteiger partial charge in [-0.15, -0.1) is 11.3 Å². The van der Waals surface area contributed by atoms with Crippen LogP contribution in [0.3, 0.4) is 0 Å². The Morgan fingerprint density at radius 1 is 1.33 bits per heavy atom. The number of aryl methyl sites for hydroxylation is 2. The van der Waals surface area contributed by atoms with Crippen molar-refractivity contribution in [1.82, 2.24) is 9.55 Å². The van der Waals surface area contributed by atoms with Gasteiger partial charge in [-0.1, -0.05) is 39.8 Å². The van der Waals surface area contributed by atoms with Gasteiger partial charge in [-0.2, -0.15) is 5.26 Å². The Morgan fingerprint density at radius 3 is 2.83 bits per heavy atom. The van der Waals surface area contributed by atoms with Crippen LogP contribution in [0.1, 0.15) is 67.9 Å². The third kappa shape index (κ3) is 3.81. The van der Waals surface area contributed by atoms with Crippen LogP contribution in [0.4, 0.5) is 0 Å². The van der Waals surface area contributed by atoms with Crippen molar-refractivity contribution in [2.24, 2.45) is 11.3 Å². The summed E-state index contributed by atoms with van der Waals surface area (Å²) in [6.07, 6.45) is 4.85. The van der Waals surface area contributed by atoms with Crippen LogP contribution in [0.5, 0.6) is 0 Å². The van der Waals surface area contributed by atoms with Gasteiger partial charge in [0.1, 0.15) is 10.7 Å². The lowest BCUT2D eigenvalue weighted by molar-refractivity contribution is 0.218. The zero-order valence-electron chi connectivity index (χ0n) is 18.3. The van der Waals surface area contributed by atoms with Gasteiger partial charge >= 0.3 is 0 Å². The molecule has 1 aliphatic carbocycles. The first-order valence-electron chi connectivity index (χ1n) is 10.8. The highest BCUT2D eigenvalue weighted by atomic mass is 32.1. The van der Waals surface area contributed by atoms with E-state index in [1.807, 2.05) is 22.8 Å². The van der Waals surface area contributed by atoms with Gasteiger partial charge in [0.25, 0.3) is 5.56 Å². The fraction of sp³-hybridized carbons (Fsp3) is 0.480. The van der Waals surface area contributed by atoms with Gasteiger partial charge in [0.2, 0.25) is 0 Å². The summed E-state index contributed by atoms with van der Waals surface area (Å²) in [4.78, 5) is 20.9. The van der Waals surface area contributed by atoms with E-state index in [1.54, 1.807) is 17.4 Å². The fourth-order valence-corrected chi connectivity index (χ4v) is 5.85. The first-order valence-corrected chi connectivity index (χ1v) is 11.7. The topological polar surface area (TPSA) is 58.7 Å². The van der Waals surface area contributed by atoms with E-state index < -0.39 is 0 Å². The van der Waals surface area contributed by atoms with Crippen LogP contribution in [0.15, 0.2) is 29.1 Å². The van der Waals surface area contributed by atoms with Gasteiger partial charge in [-0.3, -0.25) is 9.36 Å². The summed E-state index contributed by atoms with van der Waals surface area (Å²) >= 11 is 1.73. The van der Waals surface area contributed by atoms with E-state index in [-0.39, 0.29) is 11.0 Å². The fourth-order valence-electron chi connectivity index (χ4n) is 4.54. The number of benzene rings is 1. The first kappa shape index (κ1) is 20.8. The van der Waals surface area contributed by atoms with E-state index >= 15 is 0 Å². The molecule has 0 radical (unpaired) electrons. The zero-order chi connectivity index (χ0) is 21.5. The van der Waals surface area contributed by atoms with Crippen LogP contribution in [0.2, 0.25) is 0 Å². The highest BCUT2D eigenvalue weighted by Crippen LogP contribution is 2.42. The summed E-state index contributed by atoms with van der Waals surface area (Å²) in [7, 11) is 0. The quantitative estimate of drug-likeness (QED) is 0.562. The number of hydrogen-bond acceptors (Lipinski definition) is 4. The average Bonchev–Trinajstić information content (AvgIpc) is 3.08. The second kappa shape index (κ2) is 8.00. The van der Waals surface area contributed by atoms with Gasteiger partial charge in [-0.25, -0.2) is 4.98 Å². The van der Waals surface area contributed by atoms with Crippen molar-refractivity contribution in [3.05, 3.63) is 62.0 Å². The Morgan fingerprint density at radius 2 is 2.13 bits per heavy atom. The molecule has 3 aromatic rings. The van der Waals surface area contributed by atoms with Crippen LogP contribution >= 0.6 is 11.3 Å². The Kier molecular flexibility index (Phi) is 5.55. The van der Waals surface area contributed by atoms with Crippen molar-refractivity contribution in [2.75, 3.05) is 0 Å². The standard InChI is InChI=1S/C25H29N3OS/c1-5-7-21-27-23-22(19-11-10-18(25(2,3)4)13-20(19)30-23)24(29)28(21)15-17-9-6-8-16(12-17)14-26/h6,8-9,12,18H,5,7,10-11,13,15H2,1-4H3. The van der Waals surface area contributed by atoms with Gasteiger partial charge < -0.3 is 0 Å². The molecular formula is C25H29N3OS. The summed E-state index contributed by atoms with van der Waals surface area (Å²) < 4.78 is 1.84. The second-order valence-electron chi connectivity index (χ2n) is 9.47. The van der Waals surface area contributed by atoms with E-state index in [2.05, 4.69) is 33.8 Å². The number of hydrogen-bond donors (Lipinski definition) is 0. The molecule has 0 amide bonds. The number of fused-ring (bicyclic) bond motifs is 3. The third-order valence-electron chi connectivity index (χ3n) is 6.34. The minimum Gasteiger partial charge on any atom is -0.292 e.